The van der Waals surface area contributed by atoms with Gasteiger partial charge in [-0.3, -0.25) is 0 Å². The molecule has 0 nitrogen and oxygen atoms in total. The summed E-state index contributed by atoms with van der Waals surface area (Å²) in [6.07, 6.45) is 9.25. The van der Waals surface area contributed by atoms with E-state index in [9.17, 15) is 38.9 Å². The Labute approximate surface area is 221 Å². The van der Waals surface area contributed by atoms with Crippen molar-refractivity contribution in [1.29, 1.82) is 0 Å². The van der Waals surface area contributed by atoms with Crippen LogP contribution >= 0.6 is 20.4 Å². The summed E-state index contributed by atoms with van der Waals surface area (Å²) in [6.45, 7) is 4.05. The summed E-state index contributed by atoms with van der Waals surface area (Å²) < 4.78 is 140. The minimum absolute atomic E-state index is 0.105. The van der Waals surface area contributed by atoms with Crippen molar-refractivity contribution in [3.05, 3.63) is 23.3 Å². The molecule has 38 heavy (non-hydrogen) atoms. The summed E-state index contributed by atoms with van der Waals surface area (Å²) in [6, 6.07) is 1.09. The zero-order valence-corrected chi connectivity index (χ0v) is 24.1. The van der Waals surface area contributed by atoms with E-state index in [2.05, 4.69) is 0 Å². The van der Waals surface area contributed by atoms with Gasteiger partial charge >= 0.3 is 20.4 Å². The molecule has 0 atom stereocenters. The van der Waals surface area contributed by atoms with E-state index in [-0.39, 0.29) is 12.8 Å². The minimum atomic E-state index is -11.1. The molecule has 1 rings (SSSR count). The van der Waals surface area contributed by atoms with Crippen LogP contribution in [0.4, 0.5) is 38.9 Å². The van der Waals surface area contributed by atoms with E-state index in [1.54, 1.807) is 0 Å². The minimum Gasteiger partial charge on any atom is -0.0936 e. The normalized spacial score (nSPS) is 16.5. The Morgan fingerprint density at radius 2 is 0.632 bits per heavy atom. The zero-order chi connectivity index (χ0) is 29.3. The molecule has 0 aliphatic carbocycles. The quantitative estimate of drug-likeness (QED) is 0.102. The second-order valence-corrected chi connectivity index (χ2v) is 15.1. The van der Waals surface area contributed by atoms with Gasteiger partial charge in [-0.2, -0.15) is 0 Å². The van der Waals surface area contributed by atoms with Gasteiger partial charge in [0.25, 0.3) is 0 Å². The van der Waals surface area contributed by atoms with Gasteiger partial charge in [-0.1, -0.05) is 155 Å². The standard InChI is InChI=1S/C26H44F10S2/c1-3-5-7-9-11-13-15-17-19-23-21-22-24(20-18-16-14-12-10-8-6-4-2)26(38(32,33,34,35)36)25(23)37(27,28,29,30)31/h21-22H,3-20H2,1-2H3. The Balaban J connectivity index is 3.24. The molecule has 0 unspecified atom stereocenters. The van der Waals surface area contributed by atoms with Crippen molar-refractivity contribution < 1.29 is 38.9 Å². The molecular weight excluding hydrogens is 566 g/mol. The summed E-state index contributed by atoms with van der Waals surface area (Å²) in [5.41, 5.74) is -2.81. The number of rotatable bonds is 20. The molecule has 0 saturated carbocycles. The molecule has 0 aromatic heterocycles. The number of benzene rings is 1. The summed E-state index contributed by atoms with van der Waals surface area (Å²) in [7, 11) is -22.3. The highest BCUT2D eigenvalue weighted by molar-refractivity contribution is 8.48. The molecule has 0 radical (unpaired) electrons. The van der Waals surface area contributed by atoms with Crippen LogP contribution in [0.25, 0.3) is 0 Å². The summed E-state index contributed by atoms with van der Waals surface area (Å²) >= 11 is 0. The van der Waals surface area contributed by atoms with Gasteiger partial charge in [-0.25, -0.2) is 0 Å². The lowest BCUT2D eigenvalue weighted by Gasteiger charge is -2.49. The Kier molecular flexibility index (Phi) is 11.1. The molecule has 0 heterocycles. The molecule has 0 fully saturated rings. The highest BCUT2D eigenvalue weighted by Crippen LogP contribution is 3.10. The first kappa shape index (κ1) is 35.2. The molecule has 0 bridgehead atoms. The molecular formula is C26H44F10S2. The summed E-state index contributed by atoms with van der Waals surface area (Å²) in [5.74, 6) is 0. The van der Waals surface area contributed by atoms with Crippen LogP contribution < -0.4 is 0 Å². The van der Waals surface area contributed by atoms with Crippen LogP contribution in [0.2, 0.25) is 0 Å². The Morgan fingerprint density at radius 3 is 0.868 bits per heavy atom. The number of hydrogen-bond donors (Lipinski definition) is 0. The van der Waals surface area contributed by atoms with Crippen molar-refractivity contribution in [1.82, 2.24) is 0 Å². The number of halogens is 10. The predicted molar refractivity (Wildman–Crippen MR) is 142 cm³/mol. The average molecular weight is 611 g/mol. The second-order valence-electron chi connectivity index (χ2n) is 10.4. The molecule has 12 heteroatoms. The fraction of sp³-hybridized carbons (Fsp3) is 0.769. The number of unbranched alkanes of at least 4 members (excludes halogenated alkanes) is 14. The molecule has 1 aromatic rings. The van der Waals surface area contributed by atoms with E-state index in [4.69, 9.17) is 0 Å². The van der Waals surface area contributed by atoms with Crippen molar-refractivity contribution in [2.45, 2.75) is 139 Å². The number of hydrogen-bond acceptors (Lipinski definition) is 0. The van der Waals surface area contributed by atoms with Crippen molar-refractivity contribution in [2.24, 2.45) is 0 Å². The third-order valence-electron chi connectivity index (χ3n) is 6.65. The highest BCUT2D eigenvalue weighted by Gasteiger charge is 2.76. The van der Waals surface area contributed by atoms with E-state index in [0.717, 1.165) is 64.2 Å². The van der Waals surface area contributed by atoms with Gasteiger partial charge in [-0.05, 0) is 36.8 Å². The molecule has 0 N–H and O–H groups in total. The predicted octanol–water partition coefficient (Wildman–Crippen LogP) is 14.4. The smallest absolute Gasteiger partial charge is 0.0936 e. The number of aryl methyl sites for hydroxylation is 2. The van der Waals surface area contributed by atoms with E-state index in [1.807, 2.05) is 13.8 Å². The van der Waals surface area contributed by atoms with Crippen LogP contribution in [0.3, 0.4) is 0 Å². The van der Waals surface area contributed by atoms with Crippen molar-refractivity contribution in [2.75, 3.05) is 0 Å². The molecule has 0 saturated heterocycles. The van der Waals surface area contributed by atoms with Gasteiger partial charge in [0.1, 0.15) is 9.79 Å². The molecule has 0 spiro atoms. The maximum absolute atomic E-state index is 14.0. The van der Waals surface area contributed by atoms with E-state index >= 15 is 0 Å². The lowest BCUT2D eigenvalue weighted by atomic mass is 10.0. The second kappa shape index (κ2) is 12.0. The maximum atomic E-state index is 14.0. The SMILES string of the molecule is CCCCCCCCCCc1ccc(CCCCCCCCCC)c(S(F)(F)(F)(F)F)c1S(F)(F)(F)(F)F. The van der Waals surface area contributed by atoms with Gasteiger partial charge < -0.3 is 0 Å². The van der Waals surface area contributed by atoms with Crippen LogP contribution in [0.1, 0.15) is 128 Å². The molecule has 0 aliphatic heterocycles. The van der Waals surface area contributed by atoms with E-state index in [1.165, 1.54) is 0 Å². The third-order valence-corrected chi connectivity index (χ3v) is 9.25. The van der Waals surface area contributed by atoms with Gasteiger partial charge in [0.15, 0.2) is 0 Å². The van der Waals surface area contributed by atoms with Crippen molar-refractivity contribution in [3.63, 3.8) is 0 Å². The lowest BCUT2D eigenvalue weighted by molar-refractivity contribution is 0.332. The fourth-order valence-corrected chi connectivity index (χ4v) is 8.02. The Bertz CT molecular complexity index is 804. The first-order chi connectivity index (χ1) is 17.1. The lowest BCUT2D eigenvalue weighted by Crippen LogP contribution is -2.20. The van der Waals surface area contributed by atoms with Crippen LogP contribution in [0.5, 0.6) is 0 Å². The largest absolute Gasteiger partial charge is 0.312 e. The first-order valence-electron chi connectivity index (χ1n) is 13.7. The van der Waals surface area contributed by atoms with Crippen LogP contribution in [0.15, 0.2) is 21.9 Å². The van der Waals surface area contributed by atoms with Crippen molar-refractivity contribution in [3.8, 4) is 0 Å². The van der Waals surface area contributed by atoms with Gasteiger partial charge in [0.05, 0.1) is 0 Å². The first-order valence-corrected chi connectivity index (χ1v) is 17.6. The molecule has 230 valence electrons. The Hall–Kier alpha value is -0.780. The average Bonchev–Trinajstić information content (AvgIpc) is 2.74. The maximum Gasteiger partial charge on any atom is 0.312 e. The fourth-order valence-electron chi connectivity index (χ4n) is 4.78. The third kappa shape index (κ3) is 13.0. The Morgan fingerprint density at radius 1 is 0.395 bits per heavy atom. The monoisotopic (exact) mass is 610 g/mol. The molecule has 0 aliphatic rings. The van der Waals surface area contributed by atoms with E-state index in [0.29, 0.717) is 37.8 Å². The van der Waals surface area contributed by atoms with E-state index < -0.39 is 54.2 Å². The van der Waals surface area contributed by atoms with Gasteiger partial charge in [0, 0.05) is 0 Å². The van der Waals surface area contributed by atoms with Gasteiger partial charge in [-0.15, -0.1) is 0 Å². The molecule has 0 amide bonds. The van der Waals surface area contributed by atoms with Gasteiger partial charge in [0.2, 0.25) is 0 Å². The van der Waals surface area contributed by atoms with Crippen molar-refractivity contribution >= 4 is 20.4 Å². The molecule has 1 aromatic carbocycles. The zero-order valence-electron chi connectivity index (χ0n) is 22.5. The van der Waals surface area contributed by atoms with Crippen LogP contribution in [0, 0.1) is 0 Å². The van der Waals surface area contributed by atoms with Crippen LogP contribution in [-0.4, -0.2) is 0 Å². The topological polar surface area (TPSA) is 0 Å². The summed E-state index contributed by atoms with van der Waals surface area (Å²) in [5, 5.41) is 0. The highest BCUT2D eigenvalue weighted by atomic mass is 32.5. The summed E-state index contributed by atoms with van der Waals surface area (Å²) in [4.78, 5) is -6.85. The van der Waals surface area contributed by atoms with Crippen LogP contribution in [-0.2, 0) is 12.8 Å².